The molecular weight excluding hydrogens is 240 g/mol. The molecule has 0 aliphatic heterocycles. The predicted octanol–water partition coefficient (Wildman–Crippen LogP) is 2.57. The maximum Gasteiger partial charge on any atom is 0.228 e. The summed E-state index contributed by atoms with van der Waals surface area (Å²) in [6, 6.07) is 3.60. The molecule has 0 saturated carbocycles. The highest BCUT2D eigenvalue weighted by Crippen LogP contribution is 2.28. The van der Waals surface area contributed by atoms with Crippen LogP contribution in [0.25, 0.3) is 0 Å². The molecule has 4 N–H and O–H groups in total. The predicted molar refractivity (Wildman–Crippen MR) is 78.2 cm³/mol. The number of nitrogens with one attached hydrogen (secondary N) is 1. The Hall–Kier alpha value is -1.55. The summed E-state index contributed by atoms with van der Waals surface area (Å²) in [5.74, 6) is 0.378. The summed E-state index contributed by atoms with van der Waals surface area (Å²) in [7, 11) is 0. The molecule has 0 aromatic heterocycles. The topological polar surface area (TPSA) is 75.4 Å². The molecule has 0 aliphatic carbocycles. The third-order valence-electron chi connectivity index (χ3n) is 3.30. The van der Waals surface area contributed by atoms with Crippen LogP contribution in [0.4, 0.5) is 5.69 Å². The van der Waals surface area contributed by atoms with Gasteiger partial charge in [0, 0.05) is 17.8 Å². The molecule has 1 rings (SSSR count). The highest BCUT2D eigenvalue weighted by molar-refractivity contribution is 5.93. The zero-order chi connectivity index (χ0) is 14.6. The first-order valence-electron chi connectivity index (χ1n) is 6.66. The average molecular weight is 264 g/mol. The molecule has 0 fully saturated rings. The second-order valence-electron chi connectivity index (χ2n) is 5.46. The smallest absolute Gasteiger partial charge is 0.228 e. The van der Waals surface area contributed by atoms with Gasteiger partial charge < -0.3 is 16.2 Å². The van der Waals surface area contributed by atoms with Crippen molar-refractivity contribution in [2.75, 3.05) is 11.9 Å². The molecule has 0 aliphatic rings. The van der Waals surface area contributed by atoms with Gasteiger partial charge in [0.05, 0.1) is 5.92 Å². The average Bonchev–Trinajstić information content (AvgIpc) is 2.36. The third kappa shape index (κ3) is 3.96. The number of nitrogens with two attached hydrogens (primary N) is 1. The molecule has 4 heteroatoms. The molecule has 1 unspecified atom stereocenters. The quantitative estimate of drug-likeness (QED) is 0.765. The summed E-state index contributed by atoms with van der Waals surface area (Å²) in [6.07, 6.45) is 0.763. The largest absolute Gasteiger partial charge is 0.507 e. The highest BCUT2D eigenvalue weighted by atomic mass is 16.3. The first kappa shape index (κ1) is 15.5. The minimum Gasteiger partial charge on any atom is -0.507 e. The van der Waals surface area contributed by atoms with Gasteiger partial charge in [0.2, 0.25) is 5.91 Å². The zero-order valence-corrected chi connectivity index (χ0v) is 12.2. The van der Waals surface area contributed by atoms with Crippen LogP contribution in [0.2, 0.25) is 0 Å². The van der Waals surface area contributed by atoms with Crippen molar-refractivity contribution < 1.29 is 9.90 Å². The molecule has 0 saturated heterocycles. The maximum atomic E-state index is 12.2. The van der Waals surface area contributed by atoms with E-state index >= 15 is 0 Å². The van der Waals surface area contributed by atoms with Crippen molar-refractivity contribution in [3.63, 3.8) is 0 Å². The molecule has 0 heterocycles. The van der Waals surface area contributed by atoms with E-state index in [0.29, 0.717) is 23.7 Å². The molecule has 1 aromatic carbocycles. The number of aryl methyl sites for hydroxylation is 1. The van der Waals surface area contributed by atoms with E-state index < -0.39 is 0 Å². The lowest BCUT2D eigenvalue weighted by molar-refractivity contribution is -0.120. The van der Waals surface area contributed by atoms with Crippen molar-refractivity contribution in [3.8, 4) is 5.75 Å². The normalized spacial score (nSPS) is 12.5. The molecule has 1 aromatic rings. The van der Waals surface area contributed by atoms with Gasteiger partial charge in [-0.15, -0.1) is 0 Å². The van der Waals surface area contributed by atoms with E-state index in [1.165, 1.54) is 0 Å². The number of phenols is 1. The minimum atomic E-state index is -0.192. The van der Waals surface area contributed by atoms with Gasteiger partial charge in [-0.2, -0.15) is 0 Å². The Morgan fingerprint density at radius 1 is 1.37 bits per heavy atom. The molecule has 0 spiro atoms. The molecule has 1 amide bonds. The fraction of sp³-hybridized carbons (Fsp3) is 0.533. The molecule has 0 bridgehead atoms. The Balaban J connectivity index is 2.84. The Labute approximate surface area is 115 Å². The van der Waals surface area contributed by atoms with Crippen LogP contribution in [0, 0.1) is 25.7 Å². The summed E-state index contributed by atoms with van der Waals surface area (Å²) >= 11 is 0. The van der Waals surface area contributed by atoms with Crippen LogP contribution in [0.1, 0.15) is 31.4 Å². The SMILES string of the molecule is Cc1ccc(NC(=O)C(CN)CC(C)C)c(C)c1O. The van der Waals surface area contributed by atoms with Gasteiger partial charge in [0.15, 0.2) is 0 Å². The van der Waals surface area contributed by atoms with E-state index in [9.17, 15) is 9.90 Å². The number of carbonyl (C=O) groups is 1. The van der Waals surface area contributed by atoms with E-state index in [1.807, 2.05) is 13.0 Å². The van der Waals surface area contributed by atoms with Crippen LogP contribution in [0.15, 0.2) is 12.1 Å². The fourth-order valence-corrected chi connectivity index (χ4v) is 2.09. The number of hydrogen-bond acceptors (Lipinski definition) is 3. The van der Waals surface area contributed by atoms with E-state index in [0.717, 1.165) is 12.0 Å². The second-order valence-corrected chi connectivity index (χ2v) is 5.46. The molecule has 106 valence electrons. The van der Waals surface area contributed by atoms with Crippen molar-refractivity contribution in [1.82, 2.24) is 0 Å². The fourth-order valence-electron chi connectivity index (χ4n) is 2.09. The molecule has 4 nitrogen and oxygen atoms in total. The highest BCUT2D eigenvalue weighted by Gasteiger charge is 2.19. The van der Waals surface area contributed by atoms with Crippen LogP contribution in [-0.4, -0.2) is 17.6 Å². The Kier molecular flexibility index (Phi) is 5.36. The van der Waals surface area contributed by atoms with Gasteiger partial charge in [0.25, 0.3) is 0 Å². The van der Waals surface area contributed by atoms with Gasteiger partial charge in [-0.1, -0.05) is 19.9 Å². The molecular formula is C15H24N2O2. The van der Waals surface area contributed by atoms with Crippen molar-refractivity contribution in [2.45, 2.75) is 34.1 Å². The first-order chi connectivity index (χ1) is 8.86. The number of hydrogen-bond donors (Lipinski definition) is 3. The van der Waals surface area contributed by atoms with Gasteiger partial charge in [0.1, 0.15) is 5.75 Å². The molecule has 1 atom stereocenters. The van der Waals surface area contributed by atoms with Gasteiger partial charge in [-0.05, 0) is 37.8 Å². The lowest BCUT2D eigenvalue weighted by Crippen LogP contribution is -2.30. The monoisotopic (exact) mass is 264 g/mol. The molecule has 0 radical (unpaired) electrons. The van der Waals surface area contributed by atoms with Crippen molar-refractivity contribution >= 4 is 11.6 Å². The van der Waals surface area contributed by atoms with Gasteiger partial charge in [-0.3, -0.25) is 4.79 Å². The first-order valence-corrected chi connectivity index (χ1v) is 6.66. The minimum absolute atomic E-state index is 0.0810. The van der Waals surface area contributed by atoms with Crippen molar-refractivity contribution in [2.24, 2.45) is 17.6 Å². The van der Waals surface area contributed by atoms with E-state index in [-0.39, 0.29) is 17.6 Å². The summed E-state index contributed by atoms with van der Waals surface area (Å²) < 4.78 is 0. The van der Waals surface area contributed by atoms with Crippen molar-refractivity contribution in [3.05, 3.63) is 23.3 Å². The number of carbonyl (C=O) groups excluding carboxylic acids is 1. The van der Waals surface area contributed by atoms with E-state index in [2.05, 4.69) is 19.2 Å². The van der Waals surface area contributed by atoms with E-state index in [1.54, 1.807) is 13.0 Å². The third-order valence-corrected chi connectivity index (χ3v) is 3.30. The summed E-state index contributed by atoms with van der Waals surface area (Å²) in [6.45, 7) is 8.09. The van der Waals surface area contributed by atoms with Gasteiger partial charge in [-0.25, -0.2) is 0 Å². The van der Waals surface area contributed by atoms with Crippen LogP contribution >= 0.6 is 0 Å². The lowest BCUT2D eigenvalue weighted by atomic mass is 9.96. The Morgan fingerprint density at radius 2 is 2.00 bits per heavy atom. The van der Waals surface area contributed by atoms with Crippen LogP contribution in [-0.2, 0) is 4.79 Å². The van der Waals surface area contributed by atoms with E-state index in [4.69, 9.17) is 5.73 Å². The molecule has 19 heavy (non-hydrogen) atoms. The maximum absolute atomic E-state index is 12.2. The Morgan fingerprint density at radius 3 is 2.53 bits per heavy atom. The lowest BCUT2D eigenvalue weighted by Gasteiger charge is -2.18. The van der Waals surface area contributed by atoms with Crippen molar-refractivity contribution in [1.29, 1.82) is 0 Å². The number of phenolic OH excluding ortho intramolecular Hbond substituents is 1. The van der Waals surface area contributed by atoms with Crippen LogP contribution < -0.4 is 11.1 Å². The Bertz CT molecular complexity index is 456. The van der Waals surface area contributed by atoms with Gasteiger partial charge >= 0.3 is 0 Å². The zero-order valence-electron chi connectivity index (χ0n) is 12.2. The summed E-state index contributed by atoms with van der Waals surface area (Å²) in [5, 5.41) is 12.7. The summed E-state index contributed by atoms with van der Waals surface area (Å²) in [5.41, 5.74) is 7.79. The number of amides is 1. The number of anilines is 1. The van der Waals surface area contributed by atoms with Crippen LogP contribution in [0.3, 0.4) is 0 Å². The second kappa shape index (κ2) is 6.57. The number of benzene rings is 1. The summed E-state index contributed by atoms with van der Waals surface area (Å²) in [4.78, 5) is 12.2. The number of rotatable bonds is 5. The standard InChI is InChI=1S/C15H24N2O2/c1-9(2)7-12(8-16)15(19)17-13-6-5-10(3)14(18)11(13)4/h5-6,9,12,18H,7-8,16H2,1-4H3,(H,17,19). The van der Waals surface area contributed by atoms with Crippen LogP contribution in [0.5, 0.6) is 5.75 Å². The number of aromatic hydroxyl groups is 1.